The quantitative estimate of drug-likeness (QED) is 0.876. The molecule has 0 spiro atoms. The molecule has 0 amide bonds. The zero-order valence-corrected chi connectivity index (χ0v) is 9.70. The number of aliphatic carboxylic acids is 1. The maximum Gasteiger partial charge on any atom is 0.314 e. The summed E-state index contributed by atoms with van der Waals surface area (Å²) in [5, 5.41) is 9.28. The number of benzene rings is 1. The molecule has 1 aliphatic carbocycles. The molecule has 0 saturated heterocycles. The van der Waals surface area contributed by atoms with E-state index < -0.39 is 17.2 Å². The molecule has 0 atom stereocenters. The maximum absolute atomic E-state index is 14.2. The number of carboxylic acid groups (broad SMARTS) is 1. The summed E-state index contributed by atoms with van der Waals surface area (Å²) in [5.74, 6) is -1.37. The highest BCUT2D eigenvalue weighted by Crippen LogP contribution is 2.45. The molecule has 2 rings (SSSR count). The molecule has 1 aliphatic rings. The van der Waals surface area contributed by atoms with Crippen molar-refractivity contribution in [3.8, 4) is 0 Å². The molecule has 0 bridgehead atoms. The van der Waals surface area contributed by atoms with Crippen molar-refractivity contribution < 1.29 is 19.0 Å². The Hall–Kier alpha value is -1.42. The Kier molecular flexibility index (Phi) is 3.15. The predicted molar refractivity (Wildman–Crippen MR) is 60.3 cm³/mol. The van der Waals surface area contributed by atoms with Crippen molar-refractivity contribution in [3.05, 3.63) is 35.1 Å². The van der Waals surface area contributed by atoms with Gasteiger partial charge < -0.3 is 9.84 Å². The van der Waals surface area contributed by atoms with Gasteiger partial charge in [-0.3, -0.25) is 4.79 Å². The lowest BCUT2D eigenvalue weighted by molar-refractivity contribution is -0.147. The molecule has 1 aromatic carbocycles. The van der Waals surface area contributed by atoms with Gasteiger partial charge in [-0.25, -0.2) is 4.39 Å². The number of halogens is 1. The van der Waals surface area contributed by atoms with Gasteiger partial charge in [0, 0.05) is 18.2 Å². The number of methoxy groups -OCH3 is 1. The summed E-state index contributed by atoms with van der Waals surface area (Å²) in [4.78, 5) is 11.3. The standard InChI is InChI=1S/C13H15FO3/c1-17-8-9-4-2-5-10(11(9)14)13(12(15)16)6-3-7-13/h2,4-5H,3,6-8H2,1H3,(H,15,16). The van der Waals surface area contributed by atoms with Crippen molar-refractivity contribution in [2.24, 2.45) is 0 Å². The van der Waals surface area contributed by atoms with Crippen LogP contribution in [0.2, 0.25) is 0 Å². The molecule has 1 fully saturated rings. The van der Waals surface area contributed by atoms with E-state index in [4.69, 9.17) is 4.74 Å². The summed E-state index contributed by atoms with van der Waals surface area (Å²) in [7, 11) is 1.49. The van der Waals surface area contributed by atoms with Gasteiger partial charge in [0.2, 0.25) is 0 Å². The van der Waals surface area contributed by atoms with Crippen molar-refractivity contribution in [1.29, 1.82) is 0 Å². The van der Waals surface area contributed by atoms with Gasteiger partial charge in [0.25, 0.3) is 0 Å². The van der Waals surface area contributed by atoms with E-state index in [0.717, 1.165) is 6.42 Å². The van der Waals surface area contributed by atoms with Crippen LogP contribution in [0.1, 0.15) is 30.4 Å². The fraction of sp³-hybridized carbons (Fsp3) is 0.462. The van der Waals surface area contributed by atoms with Gasteiger partial charge in [0.05, 0.1) is 12.0 Å². The Morgan fingerprint density at radius 2 is 2.24 bits per heavy atom. The number of rotatable bonds is 4. The fourth-order valence-corrected chi connectivity index (χ4v) is 2.35. The van der Waals surface area contributed by atoms with Crippen LogP contribution in [0.25, 0.3) is 0 Å². The van der Waals surface area contributed by atoms with Crippen LogP contribution in [0.4, 0.5) is 4.39 Å². The van der Waals surface area contributed by atoms with E-state index in [-0.39, 0.29) is 6.61 Å². The van der Waals surface area contributed by atoms with E-state index in [2.05, 4.69) is 0 Å². The average Bonchev–Trinajstić information content (AvgIpc) is 2.21. The molecule has 3 nitrogen and oxygen atoms in total. The number of hydrogen-bond acceptors (Lipinski definition) is 2. The highest BCUT2D eigenvalue weighted by atomic mass is 19.1. The molecule has 1 aromatic rings. The number of ether oxygens (including phenoxy) is 1. The van der Waals surface area contributed by atoms with Crippen LogP contribution >= 0.6 is 0 Å². The smallest absolute Gasteiger partial charge is 0.314 e. The first-order valence-electron chi connectivity index (χ1n) is 5.62. The van der Waals surface area contributed by atoms with Gasteiger partial charge in [-0.2, -0.15) is 0 Å². The summed E-state index contributed by atoms with van der Waals surface area (Å²) >= 11 is 0. The van der Waals surface area contributed by atoms with Crippen LogP contribution in [0.15, 0.2) is 18.2 Å². The third-order valence-electron chi connectivity index (χ3n) is 3.51. The van der Waals surface area contributed by atoms with Crippen molar-refractivity contribution in [2.45, 2.75) is 31.3 Å². The minimum Gasteiger partial charge on any atom is -0.481 e. The normalized spacial score (nSPS) is 17.5. The Morgan fingerprint density at radius 1 is 1.53 bits per heavy atom. The van der Waals surface area contributed by atoms with Crippen LogP contribution in [0.3, 0.4) is 0 Å². The van der Waals surface area contributed by atoms with E-state index in [9.17, 15) is 14.3 Å². The lowest BCUT2D eigenvalue weighted by Gasteiger charge is -2.38. The molecule has 0 aliphatic heterocycles. The zero-order chi connectivity index (χ0) is 12.5. The van der Waals surface area contributed by atoms with E-state index in [0.29, 0.717) is 24.0 Å². The first-order chi connectivity index (χ1) is 8.12. The zero-order valence-electron chi connectivity index (χ0n) is 9.70. The average molecular weight is 238 g/mol. The van der Waals surface area contributed by atoms with Crippen LogP contribution in [-0.4, -0.2) is 18.2 Å². The summed E-state index contributed by atoms with van der Waals surface area (Å²) in [6.07, 6.45) is 1.85. The fourth-order valence-electron chi connectivity index (χ4n) is 2.35. The second-order valence-electron chi connectivity index (χ2n) is 4.45. The summed E-state index contributed by atoms with van der Waals surface area (Å²) in [6, 6.07) is 4.88. The van der Waals surface area contributed by atoms with Gasteiger partial charge in [0.1, 0.15) is 5.82 Å². The Bertz CT molecular complexity index is 438. The molecular formula is C13H15FO3. The molecule has 0 radical (unpaired) electrons. The summed E-state index contributed by atoms with van der Waals surface area (Å²) < 4.78 is 19.1. The minimum absolute atomic E-state index is 0.162. The van der Waals surface area contributed by atoms with Crippen molar-refractivity contribution in [3.63, 3.8) is 0 Å². The molecule has 4 heteroatoms. The lowest BCUT2D eigenvalue weighted by Crippen LogP contribution is -2.43. The molecule has 1 N–H and O–H groups in total. The van der Waals surface area contributed by atoms with Crippen molar-refractivity contribution in [2.75, 3.05) is 7.11 Å². The lowest BCUT2D eigenvalue weighted by atomic mass is 9.64. The molecule has 17 heavy (non-hydrogen) atoms. The second kappa shape index (κ2) is 4.45. The predicted octanol–water partition coefficient (Wildman–Crippen LogP) is 2.48. The van der Waals surface area contributed by atoms with Crippen molar-refractivity contribution in [1.82, 2.24) is 0 Å². The highest BCUT2D eigenvalue weighted by Gasteiger charge is 2.47. The number of carboxylic acids is 1. The number of carbonyl (C=O) groups is 1. The first-order valence-corrected chi connectivity index (χ1v) is 5.62. The Balaban J connectivity index is 2.45. The second-order valence-corrected chi connectivity index (χ2v) is 4.45. The largest absolute Gasteiger partial charge is 0.481 e. The summed E-state index contributed by atoms with van der Waals surface area (Å²) in [5.41, 5.74) is -0.309. The third kappa shape index (κ3) is 1.82. The van der Waals surface area contributed by atoms with Gasteiger partial charge >= 0.3 is 5.97 Å². The van der Waals surface area contributed by atoms with Crippen LogP contribution in [0.5, 0.6) is 0 Å². The first kappa shape index (κ1) is 12.0. The van der Waals surface area contributed by atoms with Gasteiger partial charge in [-0.15, -0.1) is 0 Å². The number of hydrogen-bond donors (Lipinski definition) is 1. The van der Waals surface area contributed by atoms with Gasteiger partial charge in [-0.05, 0) is 12.8 Å². The molecular weight excluding hydrogens is 223 g/mol. The van der Waals surface area contributed by atoms with E-state index in [1.165, 1.54) is 7.11 Å². The van der Waals surface area contributed by atoms with Gasteiger partial charge in [-0.1, -0.05) is 24.6 Å². The molecule has 1 saturated carbocycles. The monoisotopic (exact) mass is 238 g/mol. The van der Waals surface area contributed by atoms with Crippen LogP contribution in [0, 0.1) is 5.82 Å². The molecule has 92 valence electrons. The maximum atomic E-state index is 14.2. The minimum atomic E-state index is -1.02. The molecule has 0 aromatic heterocycles. The molecule has 0 heterocycles. The van der Waals surface area contributed by atoms with Crippen LogP contribution < -0.4 is 0 Å². The molecule has 0 unspecified atom stereocenters. The Morgan fingerprint density at radius 3 is 2.71 bits per heavy atom. The van der Waals surface area contributed by atoms with Gasteiger partial charge in [0.15, 0.2) is 0 Å². The van der Waals surface area contributed by atoms with E-state index in [1.807, 2.05) is 0 Å². The summed E-state index contributed by atoms with van der Waals surface area (Å²) in [6.45, 7) is 0.162. The van der Waals surface area contributed by atoms with E-state index in [1.54, 1.807) is 18.2 Å². The SMILES string of the molecule is COCc1cccc(C2(C(=O)O)CCC2)c1F. The highest BCUT2D eigenvalue weighted by molar-refractivity contribution is 5.82. The van der Waals surface area contributed by atoms with Crippen LogP contribution in [-0.2, 0) is 21.6 Å². The van der Waals surface area contributed by atoms with Crippen molar-refractivity contribution >= 4 is 5.97 Å². The Labute approximate surface area is 99.2 Å². The van der Waals surface area contributed by atoms with E-state index >= 15 is 0 Å². The topological polar surface area (TPSA) is 46.5 Å². The third-order valence-corrected chi connectivity index (χ3v) is 3.51.